The zero-order chi connectivity index (χ0) is 14.8. The van der Waals surface area contributed by atoms with Crippen LogP contribution in [0.1, 0.15) is 34.6 Å². The minimum atomic E-state index is -1.73. The number of hydrogen-bond donors (Lipinski definition) is 0. The van der Waals surface area contributed by atoms with Crippen LogP contribution in [0.5, 0.6) is 0 Å². The Labute approximate surface area is 116 Å². The Balaban J connectivity index is 4.91. The Kier molecular flexibility index (Phi) is 5.75. The molecule has 0 aromatic heterocycles. The van der Waals surface area contributed by atoms with E-state index in [1.807, 2.05) is 6.26 Å². The highest BCUT2D eigenvalue weighted by atomic mass is 28.4. The van der Waals surface area contributed by atoms with Crippen molar-refractivity contribution in [1.82, 2.24) is 0 Å². The van der Waals surface area contributed by atoms with E-state index in [9.17, 15) is 0 Å². The van der Waals surface area contributed by atoms with Crippen molar-refractivity contribution in [2.24, 2.45) is 5.92 Å². The average molecular weight is 289 g/mol. The second-order valence-electron chi connectivity index (χ2n) is 7.77. The van der Waals surface area contributed by atoms with Crippen molar-refractivity contribution in [3.05, 3.63) is 12.0 Å². The molecule has 0 aliphatic heterocycles. The maximum absolute atomic E-state index is 6.14. The van der Waals surface area contributed by atoms with Crippen LogP contribution in [-0.2, 0) is 8.85 Å². The summed E-state index contributed by atoms with van der Waals surface area (Å²) in [5.41, 5.74) is 0. The summed E-state index contributed by atoms with van der Waals surface area (Å²) in [4.78, 5) is 0. The van der Waals surface area contributed by atoms with Gasteiger partial charge in [0.1, 0.15) is 12.0 Å². The van der Waals surface area contributed by atoms with Gasteiger partial charge in [0.05, 0.1) is 0 Å². The molecule has 0 N–H and O–H groups in total. The van der Waals surface area contributed by atoms with E-state index in [-0.39, 0.29) is 5.04 Å². The van der Waals surface area contributed by atoms with Crippen LogP contribution in [0.15, 0.2) is 12.0 Å². The summed E-state index contributed by atoms with van der Waals surface area (Å²) in [6.07, 6.45) is 1.89. The van der Waals surface area contributed by atoms with Gasteiger partial charge in [0.15, 0.2) is 0 Å². The summed E-state index contributed by atoms with van der Waals surface area (Å²) in [5.74, 6) is 1.38. The van der Waals surface area contributed by atoms with Crippen LogP contribution in [0, 0.1) is 5.92 Å². The van der Waals surface area contributed by atoms with Gasteiger partial charge in [-0.1, -0.05) is 34.6 Å². The smallest absolute Gasteiger partial charge is 0.249 e. The largest absolute Gasteiger partial charge is 0.546 e. The van der Waals surface area contributed by atoms with E-state index in [1.54, 1.807) is 0 Å². The van der Waals surface area contributed by atoms with Crippen LogP contribution in [-0.4, -0.2) is 16.6 Å². The molecule has 2 nitrogen and oxygen atoms in total. The summed E-state index contributed by atoms with van der Waals surface area (Å²) in [6, 6.07) is 0. The van der Waals surface area contributed by atoms with Crippen LogP contribution in [0.3, 0.4) is 0 Å². The maximum Gasteiger partial charge on any atom is 0.249 e. The maximum atomic E-state index is 6.14. The zero-order valence-corrected chi connectivity index (χ0v) is 16.0. The normalized spacial score (nSPS) is 14.9. The first kappa shape index (κ1) is 17.8. The molecule has 0 amide bonds. The predicted octanol–water partition coefficient (Wildman–Crippen LogP) is 5.36. The molecule has 0 radical (unpaired) electrons. The van der Waals surface area contributed by atoms with Crippen LogP contribution in [0.4, 0.5) is 0 Å². The van der Waals surface area contributed by atoms with E-state index >= 15 is 0 Å². The Morgan fingerprint density at radius 1 is 1.00 bits per heavy atom. The summed E-state index contributed by atoms with van der Waals surface area (Å²) in [7, 11) is -3.29. The lowest BCUT2D eigenvalue weighted by Crippen LogP contribution is -2.39. The monoisotopic (exact) mass is 288 g/mol. The third-order valence-corrected chi connectivity index (χ3v) is 8.44. The molecule has 108 valence electrons. The van der Waals surface area contributed by atoms with Crippen molar-refractivity contribution in [3.63, 3.8) is 0 Å². The minimum Gasteiger partial charge on any atom is -0.546 e. The highest BCUT2D eigenvalue weighted by Crippen LogP contribution is 2.37. The molecule has 0 aromatic rings. The number of hydrogen-bond acceptors (Lipinski definition) is 2. The Morgan fingerprint density at radius 3 is 1.72 bits per heavy atom. The fourth-order valence-electron chi connectivity index (χ4n) is 1.01. The Bertz CT molecular complexity index is 294. The first-order chi connectivity index (χ1) is 7.76. The molecule has 0 atom stereocenters. The molecule has 0 aliphatic carbocycles. The van der Waals surface area contributed by atoms with Crippen LogP contribution >= 0.6 is 0 Å². The van der Waals surface area contributed by atoms with Crippen molar-refractivity contribution in [3.8, 4) is 0 Å². The minimum absolute atomic E-state index is 0.227. The summed E-state index contributed by atoms with van der Waals surface area (Å²) in [6.45, 7) is 22.2. The number of allylic oxidation sites excluding steroid dienone is 1. The van der Waals surface area contributed by atoms with E-state index in [2.05, 4.69) is 67.4 Å². The molecule has 0 spiro atoms. The van der Waals surface area contributed by atoms with Crippen molar-refractivity contribution < 1.29 is 8.85 Å². The summed E-state index contributed by atoms with van der Waals surface area (Å²) >= 11 is 0. The van der Waals surface area contributed by atoms with E-state index < -0.39 is 16.6 Å². The van der Waals surface area contributed by atoms with E-state index in [0.29, 0.717) is 5.92 Å². The van der Waals surface area contributed by atoms with Crippen LogP contribution < -0.4 is 0 Å². The zero-order valence-electron chi connectivity index (χ0n) is 14.0. The molecule has 0 rings (SSSR count). The molecule has 0 bridgehead atoms. The quantitative estimate of drug-likeness (QED) is 0.501. The van der Waals surface area contributed by atoms with Gasteiger partial charge < -0.3 is 8.85 Å². The van der Waals surface area contributed by atoms with E-state index in [4.69, 9.17) is 8.85 Å². The topological polar surface area (TPSA) is 18.5 Å². The highest BCUT2D eigenvalue weighted by molar-refractivity contribution is 6.74. The number of rotatable bonds is 5. The summed E-state index contributed by atoms with van der Waals surface area (Å²) < 4.78 is 12.2. The standard InChI is InChI=1S/C14H32O2Si2/c1-12(2)13(16-17(6,7)8)11-15-18(9,10)14(3,4)5/h11-12H,1-10H3/b13-11-. The van der Waals surface area contributed by atoms with Crippen LogP contribution in [0.2, 0.25) is 37.8 Å². The van der Waals surface area contributed by atoms with Crippen molar-refractivity contribution in [2.75, 3.05) is 0 Å². The fourth-order valence-corrected chi connectivity index (χ4v) is 2.77. The van der Waals surface area contributed by atoms with Crippen LogP contribution in [0.25, 0.3) is 0 Å². The van der Waals surface area contributed by atoms with Gasteiger partial charge in [-0.3, -0.25) is 0 Å². The van der Waals surface area contributed by atoms with Crippen molar-refractivity contribution in [2.45, 2.75) is 72.4 Å². The lowest BCUT2D eigenvalue weighted by Gasteiger charge is -2.36. The summed E-state index contributed by atoms with van der Waals surface area (Å²) in [5, 5.41) is 0.227. The molecular weight excluding hydrogens is 256 g/mol. The molecule has 0 unspecified atom stereocenters. The SMILES string of the molecule is CC(C)/C(=C/O[Si](C)(C)C(C)(C)C)O[Si](C)(C)C. The molecule has 0 heterocycles. The lowest BCUT2D eigenvalue weighted by molar-refractivity contribution is 0.322. The van der Waals surface area contributed by atoms with Crippen molar-refractivity contribution in [1.29, 1.82) is 0 Å². The molecule has 4 heteroatoms. The molecule has 0 fully saturated rings. The van der Waals surface area contributed by atoms with Gasteiger partial charge in [-0.15, -0.1) is 0 Å². The van der Waals surface area contributed by atoms with Gasteiger partial charge in [0, 0.05) is 5.92 Å². The van der Waals surface area contributed by atoms with Gasteiger partial charge in [-0.05, 0) is 37.8 Å². The fraction of sp³-hybridized carbons (Fsp3) is 0.857. The molecule has 0 saturated heterocycles. The molecular formula is C14H32O2Si2. The first-order valence-corrected chi connectivity index (χ1v) is 13.1. The van der Waals surface area contributed by atoms with E-state index in [1.165, 1.54) is 0 Å². The third-order valence-electron chi connectivity index (χ3n) is 3.27. The lowest BCUT2D eigenvalue weighted by atomic mass is 10.2. The molecule has 0 aromatic carbocycles. The van der Waals surface area contributed by atoms with Gasteiger partial charge in [-0.25, -0.2) is 0 Å². The van der Waals surface area contributed by atoms with Gasteiger partial charge in [0.25, 0.3) is 0 Å². The van der Waals surface area contributed by atoms with Gasteiger partial charge in [0.2, 0.25) is 16.6 Å². The highest BCUT2D eigenvalue weighted by Gasteiger charge is 2.38. The van der Waals surface area contributed by atoms with Gasteiger partial charge in [-0.2, -0.15) is 0 Å². The third kappa shape index (κ3) is 6.09. The second kappa shape index (κ2) is 5.82. The predicted molar refractivity (Wildman–Crippen MR) is 85.6 cm³/mol. The van der Waals surface area contributed by atoms with Crippen molar-refractivity contribution >= 4 is 16.6 Å². The molecule has 0 saturated carbocycles. The van der Waals surface area contributed by atoms with Gasteiger partial charge >= 0.3 is 0 Å². The van der Waals surface area contributed by atoms with E-state index in [0.717, 1.165) is 5.76 Å². The Hall–Kier alpha value is -0.226. The molecule has 18 heavy (non-hydrogen) atoms. The average Bonchev–Trinajstić information content (AvgIpc) is 2.08. The first-order valence-electron chi connectivity index (χ1n) is 6.83. The second-order valence-corrected chi connectivity index (χ2v) is 17.0. The Morgan fingerprint density at radius 2 is 1.44 bits per heavy atom. The molecule has 0 aliphatic rings.